The summed E-state index contributed by atoms with van der Waals surface area (Å²) in [4.78, 5) is 13.1. The summed E-state index contributed by atoms with van der Waals surface area (Å²) in [6, 6.07) is 5.76. The number of halogens is 1. The molecule has 0 bridgehead atoms. The van der Waals surface area contributed by atoms with E-state index in [0.29, 0.717) is 5.15 Å². The monoisotopic (exact) mass is 258 g/mol. The van der Waals surface area contributed by atoms with Crippen molar-refractivity contribution < 1.29 is 0 Å². The van der Waals surface area contributed by atoms with Gasteiger partial charge < -0.3 is 4.57 Å². The van der Waals surface area contributed by atoms with Gasteiger partial charge in [-0.25, -0.2) is 9.97 Å². The molecule has 3 heterocycles. The SMILES string of the molecule is Cc1nc(-c2cccnc2)c2cc(Cl)n(C)c2n1. The Morgan fingerprint density at radius 1 is 1.28 bits per heavy atom. The van der Waals surface area contributed by atoms with Gasteiger partial charge in [-0.1, -0.05) is 11.6 Å². The van der Waals surface area contributed by atoms with Crippen LogP contribution >= 0.6 is 11.6 Å². The molecular formula is C13H11ClN4. The average molecular weight is 259 g/mol. The van der Waals surface area contributed by atoms with E-state index in [2.05, 4.69) is 15.0 Å². The second-order valence-electron chi connectivity index (χ2n) is 4.12. The second-order valence-corrected chi connectivity index (χ2v) is 4.51. The summed E-state index contributed by atoms with van der Waals surface area (Å²) < 4.78 is 1.85. The van der Waals surface area contributed by atoms with E-state index in [1.807, 2.05) is 36.7 Å². The molecule has 0 radical (unpaired) electrons. The fourth-order valence-corrected chi connectivity index (χ4v) is 2.18. The minimum absolute atomic E-state index is 0.648. The number of fused-ring (bicyclic) bond motifs is 1. The molecule has 0 atom stereocenters. The zero-order valence-electron chi connectivity index (χ0n) is 10.1. The zero-order valence-corrected chi connectivity index (χ0v) is 10.8. The smallest absolute Gasteiger partial charge is 0.145 e. The van der Waals surface area contributed by atoms with Gasteiger partial charge in [0.05, 0.1) is 5.69 Å². The predicted octanol–water partition coefficient (Wildman–Crippen LogP) is 2.99. The van der Waals surface area contributed by atoms with Crippen molar-refractivity contribution in [1.29, 1.82) is 0 Å². The molecule has 5 heteroatoms. The molecule has 3 rings (SSSR count). The van der Waals surface area contributed by atoms with Gasteiger partial charge in [-0.2, -0.15) is 0 Å². The van der Waals surface area contributed by atoms with E-state index in [1.165, 1.54) is 0 Å². The first-order chi connectivity index (χ1) is 8.66. The summed E-state index contributed by atoms with van der Waals surface area (Å²) in [5, 5.41) is 1.59. The zero-order chi connectivity index (χ0) is 12.7. The first kappa shape index (κ1) is 11.2. The molecule has 3 aromatic heterocycles. The van der Waals surface area contributed by atoms with Crippen molar-refractivity contribution in [2.24, 2.45) is 7.05 Å². The molecule has 0 aliphatic rings. The van der Waals surface area contributed by atoms with Crippen molar-refractivity contribution in [2.75, 3.05) is 0 Å². The lowest BCUT2D eigenvalue weighted by atomic mass is 10.1. The summed E-state index contributed by atoms with van der Waals surface area (Å²) in [6.45, 7) is 1.88. The molecule has 3 aromatic rings. The van der Waals surface area contributed by atoms with Gasteiger partial charge in [-0.3, -0.25) is 4.98 Å². The van der Waals surface area contributed by atoms with Crippen molar-refractivity contribution in [3.05, 3.63) is 41.6 Å². The third-order valence-electron chi connectivity index (χ3n) is 2.87. The van der Waals surface area contributed by atoms with Gasteiger partial charge >= 0.3 is 0 Å². The van der Waals surface area contributed by atoms with Crippen LogP contribution in [0.1, 0.15) is 5.82 Å². The maximum absolute atomic E-state index is 6.14. The highest BCUT2D eigenvalue weighted by atomic mass is 35.5. The van der Waals surface area contributed by atoms with Gasteiger partial charge in [-0.15, -0.1) is 0 Å². The summed E-state index contributed by atoms with van der Waals surface area (Å²) in [5.74, 6) is 0.721. The summed E-state index contributed by atoms with van der Waals surface area (Å²) in [5.41, 5.74) is 2.68. The van der Waals surface area contributed by atoms with E-state index >= 15 is 0 Å². The van der Waals surface area contributed by atoms with Crippen LogP contribution in [-0.2, 0) is 7.05 Å². The Kier molecular flexibility index (Phi) is 2.52. The largest absolute Gasteiger partial charge is 0.319 e. The van der Waals surface area contributed by atoms with Crippen LogP contribution in [0, 0.1) is 6.92 Å². The number of aromatic nitrogens is 4. The molecule has 0 fully saturated rings. The van der Waals surface area contributed by atoms with Gasteiger partial charge in [0.15, 0.2) is 0 Å². The maximum atomic E-state index is 6.14. The van der Waals surface area contributed by atoms with Crippen molar-refractivity contribution in [1.82, 2.24) is 19.5 Å². The lowest BCUT2D eigenvalue weighted by Crippen LogP contribution is -1.96. The third kappa shape index (κ3) is 1.66. The summed E-state index contributed by atoms with van der Waals surface area (Å²) in [7, 11) is 1.89. The van der Waals surface area contributed by atoms with Crippen LogP contribution in [0.2, 0.25) is 5.15 Å². The lowest BCUT2D eigenvalue weighted by Gasteiger charge is -2.04. The van der Waals surface area contributed by atoms with Crippen LogP contribution in [0.15, 0.2) is 30.6 Å². The quantitative estimate of drug-likeness (QED) is 0.674. The fourth-order valence-electron chi connectivity index (χ4n) is 1.99. The number of hydrogen-bond donors (Lipinski definition) is 0. The Morgan fingerprint density at radius 2 is 2.11 bits per heavy atom. The average Bonchev–Trinajstić information content (AvgIpc) is 2.66. The fraction of sp³-hybridized carbons (Fsp3) is 0.154. The normalized spacial score (nSPS) is 11.1. The van der Waals surface area contributed by atoms with Gasteiger partial charge in [0, 0.05) is 30.4 Å². The van der Waals surface area contributed by atoms with Gasteiger partial charge in [0.1, 0.15) is 16.6 Å². The molecule has 0 amide bonds. The Labute approximate surface area is 109 Å². The Bertz CT molecular complexity index is 719. The minimum atomic E-state index is 0.648. The highest BCUT2D eigenvalue weighted by Gasteiger charge is 2.13. The highest BCUT2D eigenvalue weighted by molar-refractivity contribution is 6.31. The minimum Gasteiger partial charge on any atom is -0.319 e. The van der Waals surface area contributed by atoms with Crippen LogP contribution in [0.5, 0.6) is 0 Å². The molecular weight excluding hydrogens is 248 g/mol. The molecule has 0 aromatic carbocycles. The first-order valence-electron chi connectivity index (χ1n) is 5.57. The van der Waals surface area contributed by atoms with Crippen molar-refractivity contribution in [3.8, 4) is 11.3 Å². The van der Waals surface area contributed by atoms with Crippen molar-refractivity contribution >= 4 is 22.6 Å². The van der Waals surface area contributed by atoms with Crippen LogP contribution in [0.25, 0.3) is 22.3 Å². The molecule has 0 spiro atoms. The Morgan fingerprint density at radius 3 is 2.83 bits per heavy atom. The molecule has 0 unspecified atom stereocenters. The predicted molar refractivity (Wildman–Crippen MR) is 71.5 cm³/mol. The van der Waals surface area contributed by atoms with Crippen LogP contribution in [0.3, 0.4) is 0 Å². The van der Waals surface area contributed by atoms with Gasteiger partial charge in [-0.05, 0) is 25.1 Å². The molecule has 90 valence electrons. The van der Waals surface area contributed by atoms with E-state index in [0.717, 1.165) is 28.1 Å². The molecule has 4 nitrogen and oxygen atoms in total. The number of pyridine rings is 1. The number of hydrogen-bond acceptors (Lipinski definition) is 3. The molecule has 0 saturated carbocycles. The molecule has 0 aliphatic heterocycles. The van der Waals surface area contributed by atoms with E-state index in [-0.39, 0.29) is 0 Å². The number of rotatable bonds is 1. The van der Waals surface area contributed by atoms with E-state index < -0.39 is 0 Å². The standard InChI is InChI=1S/C13H11ClN4/c1-8-16-12(9-4-3-5-15-7-9)10-6-11(14)18(2)13(10)17-8/h3-7H,1-2H3. The van der Waals surface area contributed by atoms with Gasteiger partial charge in [0.2, 0.25) is 0 Å². The molecule has 0 N–H and O–H groups in total. The van der Waals surface area contributed by atoms with E-state index in [4.69, 9.17) is 11.6 Å². The second kappa shape index (κ2) is 4.07. The van der Waals surface area contributed by atoms with Crippen LogP contribution in [-0.4, -0.2) is 19.5 Å². The van der Waals surface area contributed by atoms with Crippen LogP contribution in [0.4, 0.5) is 0 Å². The van der Waals surface area contributed by atoms with Crippen molar-refractivity contribution in [3.63, 3.8) is 0 Å². The van der Waals surface area contributed by atoms with E-state index in [9.17, 15) is 0 Å². The number of nitrogens with zero attached hydrogens (tertiary/aromatic N) is 4. The molecule has 18 heavy (non-hydrogen) atoms. The van der Waals surface area contributed by atoms with Crippen molar-refractivity contribution in [2.45, 2.75) is 6.92 Å². The topological polar surface area (TPSA) is 43.6 Å². The van der Waals surface area contributed by atoms with Gasteiger partial charge in [0.25, 0.3) is 0 Å². The lowest BCUT2D eigenvalue weighted by molar-refractivity contribution is 0.933. The Balaban J connectivity index is 2.39. The van der Waals surface area contributed by atoms with Crippen LogP contribution < -0.4 is 0 Å². The van der Waals surface area contributed by atoms with E-state index in [1.54, 1.807) is 12.4 Å². The number of aryl methyl sites for hydroxylation is 2. The first-order valence-corrected chi connectivity index (χ1v) is 5.94. The molecule has 0 aliphatic carbocycles. The Hall–Kier alpha value is -1.94. The maximum Gasteiger partial charge on any atom is 0.145 e. The highest BCUT2D eigenvalue weighted by Crippen LogP contribution is 2.29. The summed E-state index contributed by atoms with van der Waals surface area (Å²) in [6.07, 6.45) is 3.54. The summed E-state index contributed by atoms with van der Waals surface area (Å²) >= 11 is 6.14. The third-order valence-corrected chi connectivity index (χ3v) is 3.24. The molecule has 0 saturated heterocycles.